The fraction of sp³-hybridized carbons (Fsp3) is 0.700. The van der Waals surface area contributed by atoms with Gasteiger partial charge in [0.1, 0.15) is 5.78 Å². The molecule has 0 saturated heterocycles. The van der Waals surface area contributed by atoms with E-state index in [9.17, 15) is 4.79 Å². The molecule has 1 heteroatoms. The number of rotatable bonds is 4. The fourth-order valence-corrected chi connectivity index (χ4v) is 1.25. The summed E-state index contributed by atoms with van der Waals surface area (Å²) in [5.74, 6) is 0.807. The van der Waals surface area contributed by atoms with Crippen molar-refractivity contribution < 1.29 is 4.79 Å². The summed E-state index contributed by atoms with van der Waals surface area (Å²) in [6, 6.07) is 0. The van der Waals surface area contributed by atoms with E-state index in [1.54, 1.807) is 0 Å². The molecule has 0 unspecified atom stereocenters. The van der Waals surface area contributed by atoms with E-state index in [0.29, 0.717) is 18.1 Å². The van der Waals surface area contributed by atoms with Crippen molar-refractivity contribution in [2.75, 3.05) is 0 Å². The second kappa shape index (κ2) is 3.70. The van der Waals surface area contributed by atoms with Gasteiger partial charge in [-0.25, -0.2) is 0 Å². The van der Waals surface area contributed by atoms with E-state index in [0.717, 1.165) is 24.8 Å². The predicted molar refractivity (Wildman–Crippen MR) is 46.4 cm³/mol. The van der Waals surface area contributed by atoms with Gasteiger partial charge in [-0.3, -0.25) is 4.79 Å². The molecule has 0 spiro atoms. The average molecular weight is 152 g/mol. The van der Waals surface area contributed by atoms with Gasteiger partial charge in [0, 0.05) is 12.3 Å². The van der Waals surface area contributed by atoms with Gasteiger partial charge in [-0.1, -0.05) is 25.5 Å². The van der Waals surface area contributed by atoms with Gasteiger partial charge in [-0.15, -0.1) is 0 Å². The maximum absolute atomic E-state index is 11.3. The first-order valence-electron chi connectivity index (χ1n) is 4.43. The highest BCUT2D eigenvalue weighted by Gasteiger charge is 2.24. The average Bonchev–Trinajstić information content (AvgIpc) is 1.83. The lowest BCUT2D eigenvalue weighted by Gasteiger charge is -2.23. The molecule has 0 heterocycles. The Bertz CT molecular complexity index is 166. The molecule has 0 aliphatic heterocycles. The Hall–Kier alpha value is -0.590. The zero-order valence-corrected chi connectivity index (χ0v) is 7.23. The summed E-state index contributed by atoms with van der Waals surface area (Å²) >= 11 is 0. The standard InChI is InChI=1S/C10H16O/c1-3-8(2)7-10(11)9-5-4-6-9/h9H,2-7H2,1H3. The molecule has 1 aliphatic rings. The van der Waals surface area contributed by atoms with Gasteiger partial charge in [-0.05, 0) is 19.3 Å². The molecule has 1 aliphatic carbocycles. The molecule has 0 radical (unpaired) electrons. The van der Waals surface area contributed by atoms with Gasteiger partial charge in [-0.2, -0.15) is 0 Å². The largest absolute Gasteiger partial charge is 0.299 e. The highest BCUT2D eigenvalue weighted by molar-refractivity contribution is 5.83. The minimum Gasteiger partial charge on any atom is -0.299 e. The Labute approximate surface area is 68.5 Å². The number of hydrogen-bond donors (Lipinski definition) is 0. The molecule has 0 bridgehead atoms. The van der Waals surface area contributed by atoms with Crippen LogP contribution in [-0.4, -0.2) is 5.78 Å². The predicted octanol–water partition coefficient (Wildman–Crippen LogP) is 2.71. The van der Waals surface area contributed by atoms with Crippen LogP contribution in [0.2, 0.25) is 0 Å². The van der Waals surface area contributed by atoms with Crippen LogP contribution >= 0.6 is 0 Å². The minimum atomic E-state index is 0.387. The topological polar surface area (TPSA) is 17.1 Å². The molecule has 62 valence electrons. The Kier molecular flexibility index (Phi) is 2.86. The quantitative estimate of drug-likeness (QED) is 0.566. The maximum Gasteiger partial charge on any atom is 0.139 e. The lowest BCUT2D eigenvalue weighted by Crippen LogP contribution is -2.21. The van der Waals surface area contributed by atoms with Crippen LogP contribution in [0.1, 0.15) is 39.0 Å². The van der Waals surface area contributed by atoms with Crippen molar-refractivity contribution in [3.8, 4) is 0 Å². The summed E-state index contributed by atoms with van der Waals surface area (Å²) in [4.78, 5) is 11.3. The molecule has 0 aromatic carbocycles. The maximum atomic E-state index is 11.3. The fourth-order valence-electron chi connectivity index (χ4n) is 1.25. The first-order valence-corrected chi connectivity index (χ1v) is 4.43. The highest BCUT2D eigenvalue weighted by Crippen LogP contribution is 2.29. The van der Waals surface area contributed by atoms with Crippen LogP contribution in [0.25, 0.3) is 0 Å². The van der Waals surface area contributed by atoms with E-state index < -0.39 is 0 Å². The summed E-state index contributed by atoms with van der Waals surface area (Å²) in [6.07, 6.45) is 5.06. The molecule has 0 aromatic rings. The molecule has 1 fully saturated rings. The van der Waals surface area contributed by atoms with E-state index in [1.807, 2.05) is 0 Å². The lowest BCUT2D eigenvalue weighted by molar-refractivity contribution is -0.124. The summed E-state index contributed by atoms with van der Waals surface area (Å²) in [7, 11) is 0. The molecule has 0 aromatic heterocycles. The van der Waals surface area contributed by atoms with Crippen LogP contribution in [0.3, 0.4) is 0 Å². The van der Waals surface area contributed by atoms with Gasteiger partial charge >= 0.3 is 0 Å². The van der Waals surface area contributed by atoms with Crippen molar-refractivity contribution >= 4 is 5.78 Å². The van der Waals surface area contributed by atoms with Crippen molar-refractivity contribution in [1.82, 2.24) is 0 Å². The zero-order chi connectivity index (χ0) is 8.27. The Balaban J connectivity index is 2.25. The second-order valence-electron chi connectivity index (χ2n) is 3.37. The van der Waals surface area contributed by atoms with E-state index in [1.165, 1.54) is 6.42 Å². The first-order chi connectivity index (χ1) is 5.24. The van der Waals surface area contributed by atoms with Gasteiger partial charge in [0.05, 0.1) is 0 Å². The number of carbonyl (C=O) groups is 1. The van der Waals surface area contributed by atoms with Crippen LogP contribution in [0.15, 0.2) is 12.2 Å². The monoisotopic (exact) mass is 152 g/mol. The van der Waals surface area contributed by atoms with E-state index in [-0.39, 0.29) is 0 Å². The van der Waals surface area contributed by atoms with Gasteiger partial charge in [0.15, 0.2) is 0 Å². The SMILES string of the molecule is C=C(CC)CC(=O)C1CCC1. The van der Waals surface area contributed by atoms with Crippen molar-refractivity contribution in [1.29, 1.82) is 0 Å². The van der Waals surface area contributed by atoms with Crippen molar-refractivity contribution in [3.63, 3.8) is 0 Å². The molecule has 0 atom stereocenters. The Morgan fingerprint density at radius 3 is 2.55 bits per heavy atom. The molecule has 0 N–H and O–H groups in total. The molecule has 1 rings (SSSR count). The summed E-state index contributed by atoms with van der Waals surface area (Å²) in [5.41, 5.74) is 1.09. The van der Waals surface area contributed by atoms with Crippen LogP contribution in [0.5, 0.6) is 0 Å². The van der Waals surface area contributed by atoms with Crippen LogP contribution in [0.4, 0.5) is 0 Å². The van der Waals surface area contributed by atoms with Crippen molar-refractivity contribution in [2.45, 2.75) is 39.0 Å². The molecular weight excluding hydrogens is 136 g/mol. The third kappa shape index (κ3) is 2.18. The minimum absolute atomic E-state index is 0.387. The third-order valence-corrected chi connectivity index (χ3v) is 2.48. The second-order valence-corrected chi connectivity index (χ2v) is 3.37. The molecule has 1 nitrogen and oxygen atoms in total. The molecular formula is C10H16O. The van der Waals surface area contributed by atoms with E-state index in [4.69, 9.17) is 0 Å². The van der Waals surface area contributed by atoms with Gasteiger partial charge < -0.3 is 0 Å². The van der Waals surface area contributed by atoms with E-state index >= 15 is 0 Å². The molecule has 1 saturated carbocycles. The number of allylic oxidation sites excluding steroid dienone is 1. The first kappa shape index (κ1) is 8.51. The Morgan fingerprint density at radius 1 is 1.55 bits per heavy atom. The summed E-state index contributed by atoms with van der Waals surface area (Å²) < 4.78 is 0. The molecule has 0 amide bonds. The van der Waals surface area contributed by atoms with Gasteiger partial charge in [0.2, 0.25) is 0 Å². The lowest BCUT2D eigenvalue weighted by atomic mass is 9.80. The van der Waals surface area contributed by atoms with Crippen molar-refractivity contribution in [3.05, 3.63) is 12.2 Å². The van der Waals surface area contributed by atoms with E-state index in [2.05, 4.69) is 13.5 Å². The van der Waals surface area contributed by atoms with Crippen LogP contribution in [-0.2, 0) is 4.79 Å². The summed E-state index contributed by atoms with van der Waals surface area (Å²) in [6.45, 7) is 5.89. The third-order valence-electron chi connectivity index (χ3n) is 2.48. The number of hydrogen-bond acceptors (Lipinski definition) is 1. The Morgan fingerprint density at radius 2 is 2.18 bits per heavy atom. The number of Topliss-reactive ketones (excluding diaryl/α,β-unsaturated/α-hetero) is 1. The van der Waals surface area contributed by atoms with Crippen LogP contribution < -0.4 is 0 Å². The summed E-state index contributed by atoms with van der Waals surface area (Å²) in [5, 5.41) is 0. The van der Waals surface area contributed by atoms with Crippen molar-refractivity contribution in [2.24, 2.45) is 5.92 Å². The van der Waals surface area contributed by atoms with Crippen LogP contribution in [0, 0.1) is 5.92 Å². The zero-order valence-electron chi connectivity index (χ0n) is 7.23. The number of carbonyl (C=O) groups excluding carboxylic acids is 1. The molecule has 11 heavy (non-hydrogen) atoms. The van der Waals surface area contributed by atoms with Gasteiger partial charge in [0.25, 0.3) is 0 Å². The highest BCUT2D eigenvalue weighted by atomic mass is 16.1. The smallest absolute Gasteiger partial charge is 0.139 e. The normalized spacial score (nSPS) is 17.5. The number of ketones is 1.